The Bertz CT molecular complexity index is 907. The number of fused-ring (bicyclic) bond motifs is 1. The van der Waals surface area contributed by atoms with Gasteiger partial charge in [0.15, 0.2) is 0 Å². The van der Waals surface area contributed by atoms with Crippen LogP contribution in [-0.4, -0.2) is 22.2 Å². The Hall–Kier alpha value is -3.02. The molecule has 6 nitrogen and oxygen atoms in total. The number of carbonyl (C=O) groups is 1. The van der Waals surface area contributed by atoms with Crippen LogP contribution in [0, 0.1) is 0 Å². The smallest absolute Gasteiger partial charge is 0.275 e. The highest BCUT2D eigenvalue weighted by Crippen LogP contribution is 2.15. The molecule has 0 spiro atoms. The molecule has 1 N–H and O–H groups in total. The number of rotatable bonds is 4. The number of aryl methyl sites for hydroxylation is 1. The van der Waals surface area contributed by atoms with Crippen LogP contribution in [0.15, 0.2) is 53.6 Å². The number of anilines is 1. The van der Waals surface area contributed by atoms with Crippen molar-refractivity contribution in [2.75, 3.05) is 12.4 Å². The molecule has 6 heteroatoms. The molecule has 2 heterocycles. The number of ether oxygens (including phenoxy) is 1. The number of hydrogen-bond donors (Lipinski definition) is 1. The zero-order chi connectivity index (χ0) is 16.4. The van der Waals surface area contributed by atoms with Gasteiger partial charge in [-0.25, -0.2) is 0 Å². The van der Waals surface area contributed by atoms with E-state index in [1.165, 1.54) is 4.57 Å². The van der Waals surface area contributed by atoms with Crippen molar-refractivity contribution in [3.05, 3.63) is 59.1 Å². The highest BCUT2D eigenvalue weighted by Gasteiger charge is 2.09. The first-order chi connectivity index (χ1) is 11.1. The van der Waals surface area contributed by atoms with Gasteiger partial charge in [-0.3, -0.25) is 9.59 Å². The normalized spacial score (nSPS) is 10.7. The molecule has 3 aromatic rings. The molecule has 0 radical (unpaired) electrons. The lowest BCUT2D eigenvalue weighted by atomic mass is 10.3. The number of nitrogens with zero attached hydrogens (tertiary/aromatic N) is 2. The van der Waals surface area contributed by atoms with E-state index in [0.717, 1.165) is 5.39 Å². The van der Waals surface area contributed by atoms with Crippen LogP contribution in [0.1, 0.15) is 0 Å². The first kappa shape index (κ1) is 14.9. The van der Waals surface area contributed by atoms with Gasteiger partial charge in [-0.1, -0.05) is 0 Å². The fourth-order valence-electron chi connectivity index (χ4n) is 2.49. The Kier molecular flexibility index (Phi) is 3.89. The summed E-state index contributed by atoms with van der Waals surface area (Å²) in [6, 6.07) is 10.7. The summed E-state index contributed by atoms with van der Waals surface area (Å²) >= 11 is 0. The summed E-state index contributed by atoms with van der Waals surface area (Å²) in [5, 5.41) is 3.63. The Morgan fingerprint density at radius 3 is 2.52 bits per heavy atom. The molecule has 0 saturated carbocycles. The molecule has 1 amide bonds. The maximum atomic E-state index is 12.4. The third-order valence-electron chi connectivity index (χ3n) is 3.69. The molecular formula is C17H17N3O3. The molecule has 0 aliphatic rings. The van der Waals surface area contributed by atoms with Crippen molar-refractivity contribution in [2.24, 2.45) is 7.05 Å². The standard InChI is InChI=1S/C17H17N3O3/c1-19-9-7-12-8-10-20(17(22)16(12)19)11-15(21)18-13-3-5-14(23-2)6-4-13/h3-10H,11H2,1-2H3,(H,18,21). The van der Waals surface area contributed by atoms with Gasteiger partial charge in [0.25, 0.3) is 5.56 Å². The third-order valence-corrected chi connectivity index (χ3v) is 3.69. The summed E-state index contributed by atoms with van der Waals surface area (Å²) < 4.78 is 8.23. The van der Waals surface area contributed by atoms with Crippen LogP contribution >= 0.6 is 0 Å². The Morgan fingerprint density at radius 1 is 1.13 bits per heavy atom. The van der Waals surface area contributed by atoms with Crippen LogP contribution in [0.25, 0.3) is 10.9 Å². The number of methoxy groups -OCH3 is 1. The van der Waals surface area contributed by atoms with E-state index < -0.39 is 0 Å². The van der Waals surface area contributed by atoms with E-state index in [1.54, 1.807) is 42.1 Å². The van der Waals surface area contributed by atoms with E-state index >= 15 is 0 Å². The quantitative estimate of drug-likeness (QED) is 0.801. The fraction of sp³-hybridized carbons (Fsp3) is 0.176. The minimum atomic E-state index is -0.258. The van der Waals surface area contributed by atoms with E-state index in [-0.39, 0.29) is 18.0 Å². The van der Waals surface area contributed by atoms with Crippen molar-refractivity contribution >= 4 is 22.5 Å². The van der Waals surface area contributed by atoms with Crippen molar-refractivity contribution in [2.45, 2.75) is 6.54 Å². The van der Waals surface area contributed by atoms with Gasteiger partial charge in [-0.05, 0) is 36.4 Å². The number of hydrogen-bond acceptors (Lipinski definition) is 3. The van der Waals surface area contributed by atoms with Gasteiger partial charge in [0.1, 0.15) is 17.8 Å². The molecule has 2 aromatic heterocycles. The molecule has 0 atom stereocenters. The first-order valence-electron chi connectivity index (χ1n) is 7.17. The predicted octanol–water partition coefficient (Wildman–Crippen LogP) is 1.99. The van der Waals surface area contributed by atoms with Crippen LogP contribution < -0.4 is 15.6 Å². The molecule has 0 saturated heterocycles. The molecule has 0 unspecified atom stereocenters. The van der Waals surface area contributed by atoms with E-state index in [9.17, 15) is 9.59 Å². The molecule has 23 heavy (non-hydrogen) atoms. The number of amides is 1. The SMILES string of the molecule is COc1ccc(NC(=O)Cn2ccc3ccn(C)c3c2=O)cc1. The Balaban J connectivity index is 1.78. The topological polar surface area (TPSA) is 65.3 Å². The average molecular weight is 311 g/mol. The largest absolute Gasteiger partial charge is 0.497 e. The molecular weight excluding hydrogens is 294 g/mol. The predicted molar refractivity (Wildman–Crippen MR) is 88.8 cm³/mol. The zero-order valence-corrected chi connectivity index (χ0v) is 12.9. The third kappa shape index (κ3) is 2.96. The van der Waals surface area contributed by atoms with Gasteiger partial charge in [0, 0.05) is 30.5 Å². The fourth-order valence-corrected chi connectivity index (χ4v) is 2.49. The second-order valence-electron chi connectivity index (χ2n) is 5.26. The van der Waals surface area contributed by atoms with E-state index in [4.69, 9.17) is 4.74 Å². The van der Waals surface area contributed by atoms with Crippen molar-refractivity contribution < 1.29 is 9.53 Å². The lowest BCUT2D eigenvalue weighted by Gasteiger charge is -2.08. The van der Waals surface area contributed by atoms with Gasteiger partial charge in [-0.2, -0.15) is 0 Å². The number of benzene rings is 1. The van der Waals surface area contributed by atoms with Crippen LogP contribution in [-0.2, 0) is 18.4 Å². The van der Waals surface area contributed by atoms with Gasteiger partial charge in [0.05, 0.1) is 7.11 Å². The Morgan fingerprint density at radius 2 is 1.83 bits per heavy atom. The second kappa shape index (κ2) is 6.00. The number of aromatic nitrogens is 2. The lowest BCUT2D eigenvalue weighted by Crippen LogP contribution is -2.27. The summed E-state index contributed by atoms with van der Waals surface area (Å²) in [5.41, 5.74) is 1.06. The summed E-state index contributed by atoms with van der Waals surface area (Å²) in [7, 11) is 3.39. The molecule has 0 bridgehead atoms. The van der Waals surface area contributed by atoms with Crippen LogP contribution in [0.3, 0.4) is 0 Å². The number of nitrogens with one attached hydrogen (secondary N) is 1. The summed E-state index contributed by atoms with van der Waals surface area (Å²) in [6.07, 6.45) is 3.46. The second-order valence-corrected chi connectivity index (χ2v) is 5.26. The maximum Gasteiger partial charge on any atom is 0.275 e. The minimum absolute atomic E-state index is 0.0357. The average Bonchev–Trinajstić information content (AvgIpc) is 2.93. The summed E-state index contributed by atoms with van der Waals surface area (Å²) in [4.78, 5) is 24.6. The van der Waals surface area contributed by atoms with Crippen LogP contribution in [0.2, 0.25) is 0 Å². The van der Waals surface area contributed by atoms with Gasteiger partial charge < -0.3 is 19.2 Å². The molecule has 0 aliphatic carbocycles. The number of carbonyl (C=O) groups excluding carboxylic acids is 1. The highest BCUT2D eigenvalue weighted by molar-refractivity contribution is 5.90. The monoisotopic (exact) mass is 311 g/mol. The van der Waals surface area contributed by atoms with Crippen molar-refractivity contribution in [3.8, 4) is 5.75 Å². The molecule has 0 fully saturated rings. The van der Waals surface area contributed by atoms with E-state index in [2.05, 4.69) is 5.32 Å². The van der Waals surface area contributed by atoms with Gasteiger partial charge in [-0.15, -0.1) is 0 Å². The van der Waals surface area contributed by atoms with Crippen molar-refractivity contribution in [1.29, 1.82) is 0 Å². The van der Waals surface area contributed by atoms with Crippen molar-refractivity contribution in [3.63, 3.8) is 0 Å². The molecule has 0 aliphatic heterocycles. The number of pyridine rings is 1. The molecule has 1 aromatic carbocycles. The van der Waals surface area contributed by atoms with Crippen molar-refractivity contribution in [1.82, 2.24) is 9.13 Å². The maximum absolute atomic E-state index is 12.4. The summed E-state index contributed by atoms with van der Waals surface area (Å²) in [6.45, 7) is -0.0357. The minimum Gasteiger partial charge on any atom is -0.497 e. The Labute approximate surface area is 132 Å². The zero-order valence-electron chi connectivity index (χ0n) is 12.9. The molecule has 3 rings (SSSR count). The molecule has 118 valence electrons. The van der Waals surface area contributed by atoms with Crippen LogP contribution in [0.4, 0.5) is 5.69 Å². The van der Waals surface area contributed by atoms with Crippen LogP contribution in [0.5, 0.6) is 5.75 Å². The van der Waals surface area contributed by atoms with E-state index in [1.807, 2.05) is 25.4 Å². The van der Waals surface area contributed by atoms with Gasteiger partial charge in [0.2, 0.25) is 5.91 Å². The first-order valence-corrected chi connectivity index (χ1v) is 7.17. The van der Waals surface area contributed by atoms with E-state index in [0.29, 0.717) is 17.0 Å². The highest BCUT2D eigenvalue weighted by atomic mass is 16.5. The van der Waals surface area contributed by atoms with Gasteiger partial charge >= 0.3 is 0 Å². The summed E-state index contributed by atoms with van der Waals surface area (Å²) in [5.74, 6) is 0.458. The lowest BCUT2D eigenvalue weighted by molar-refractivity contribution is -0.116.